The highest BCUT2D eigenvalue weighted by Crippen LogP contribution is 2.27. The number of halogens is 3. The zero-order valence-electron chi connectivity index (χ0n) is 8.40. The molecule has 0 spiro atoms. The van der Waals surface area contributed by atoms with Crippen LogP contribution in [0.4, 0.5) is 12.9 Å². The van der Waals surface area contributed by atoms with Crippen LogP contribution in [-0.2, 0) is 12.8 Å². The van der Waals surface area contributed by atoms with Crippen molar-refractivity contribution in [2.75, 3.05) is 7.11 Å². The lowest BCUT2D eigenvalue weighted by Gasteiger charge is -2.20. The van der Waals surface area contributed by atoms with E-state index in [0.717, 1.165) is 30.4 Å². The molecule has 0 unspecified atom stereocenters. The fourth-order valence-electron chi connectivity index (χ4n) is 2.05. The number of fused-ring (bicyclic) bond motifs is 1. The Morgan fingerprint density at radius 1 is 1.13 bits per heavy atom. The zero-order chi connectivity index (χ0) is 11.1. The van der Waals surface area contributed by atoms with E-state index in [0.29, 0.717) is 0 Å². The smallest absolute Gasteiger partial charge is 0.500 e. The summed E-state index contributed by atoms with van der Waals surface area (Å²) in [5.74, 6) is -0.0387. The number of methoxy groups -OCH3 is 1. The van der Waals surface area contributed by atoms with Crippen LogP contribution in [0.5, 0.6) is 5.75 Å². The number of ether oxygens (including phenoxy) is 1. The first-order chi connectivity index (χ1) is 7.02. The minimum atomic E-state index is -4.98. The Balaban J connectivity index is 2.54. The molecule has 0 bridgehead atoms. The van der Waals surface area contributed by atoms with Gasteiger partial charge in [0.1, 0.15) is 0 Å². The largest absolute Gasteiger partial charge is 0.513 e. The van der Waals surface area contributed by atoms with E-state index in [-0.39, 0.29) is 5.75 Å². The maximum atomic E-state index is 12.7. The van der Waals surface area contributed by atoms with Crippen molar-refractivity contribution in [3.8, 4) is 5.75 Å². The Morgan fingerprint density at radius 3 is 2.27 bits per heavy atom. The average molecular weight is 215 g/mol. The molecule has 1 aromatic rings. The third-order valence-electron chi connectivity index (χ3n) is 2.80. The van der Waals surface area contributed by atoms with Crippen molar-refractivity contribution in [2.45, 2.75) is 19.3 Å². The molecule has 0 heterocycles. The topological polar surface area (TPSA) is 9.23 Å². The summed E-state index contributed by atoms with van der Waals surface area (Å²) in [6.45, 7) is -4.98. The fraction of sp³-hybridized carbons (Fsp3) is 0.400. The molecule has 0 aromatic heterocycles. The van der Waals surface area contributed by atoms with Gasteiger partial charge in [0.2, 0.25) is 0 Å². The first-order valence-corrected chi connectivity index (χ1v) is 4.92. The summed E-state index contributed by atoms with van der Waals surface area (Å²) in [6.07, 6.45) is 2.54. The second-order valence-corrected chi connectivity index (χ2v) is 3.79. The van der Waals surface area contributed by atoms with Gasteiger partial charge in [0.25, 0.3) is 0 Å². The Hall–Kier alpha value is -1.13. The molecular formula is C10H11BF3O-. The van der Waals surface area contributed by atoms with Gasteiger partial charge in [-0.1, -0.05) is 11.5 Å². The molecule has 0 N–H and O–H groups in total. The summed E-state index contributed by atoms with van der Waals surface area (Å²) in [7, 11) is 1.28. The summed E-state index contributed by atoms with van der Waals surface area (Å²) in [4.78, 5) is 0. The van der Waals surface area contributed by atoms with E-state index in [4.69, 9.17) is 4.74 Å². The van der Waals surface area contributed by atoms with Gasteiger partial charge in [-0.05, 0) is 36.5 Å². The third kappa shape index (κ3) is 1.83. The molecular weight excluding hydrogens is 204 g/mol. The van der Waals surface area contributed by atoms with E-state index in [1.54, 1.807) is 0 Å². The van der Waals surface area contributed by atoms with E-state index < -0.39 is 12.4 Å². The van der Waals surface area contributed by atoms with Crippen molar-refractivity contribution in [1.82, 2.24) is 0 Å². The molecule has 0 saturated heterocycles. The molecule has 0 amide bonds. The van der Waals surface area contributed by atoms with E-state index in [9.17, 15) is 12.9 Å². The van der Waals surface area contributed by atoms with Crippen LogP contribution in [0.1, 0.15) is 17.5 Å². The molecule has 1 aromatic carbocycles. The fourth-order valence-corrected chi connectivity index (χ4v) is 2.05. The number of benzene rings is 1. The quantitative estimate of drug-likeness (QED) is 0.687. The van der Waals surface area contributed by atoms with Gasteiger partial charge in [0, 0.05) is 0 Å². The highest BCUT2D eigenvalue weighted by Gasteiger charge is 2.30. The minimum absolute atomic E-state index is 0.0387. The standard InChI is InChI=1S/C10H11BF3O/c1-15-10-6-8-4-2-3-7(8)5-9(10)11(12,13)14/h5-6H,2-4H2,1H3/q-1. The van der Waals surface area contributed by atoms with E-state index in [1.165, 1.54) is 19.2 Å². The van der Waals surface area contributed by atoms with Gasteiger partial charge in [-0.25, -0.2) is 0 Å². The molecule has 0 atom stereocenters. The normalized spacial score (nSPS) is 15.2. The molecule has 2 rings (SSSR count). The Bertz CT molecular complexity index is 387. The molecule has 1 aliphatic rings. The van der Waals surface area contributed by atoms with Gasteiger partial charge < -0.3 is 17.7 Å². The van der Waals surface area contributed by atoms with Crippen LogP contribution in [0.3, 0.4) is 0 Å². The molecule has 0 fully saturated rings. The highest BCUT2D eigenvalue weighted by atomic mass is 19.4. The van der Waals surface area contributed by atoms with E-state index in [1.807, 2.05) is 0 Å². The van der Waals surface area contributed by atoms with Gasteiger partial charge in [-0.15, -0.1) is 0 Å². The summed E-state index contributed by atoms with van der Waals surface area (Å²) in [6, 6.07) is 2.79. The van der Waals surface area contributed by atoms with E-state index in [2.05, 4.69) is 0 Å². The summed E-state index contributed by atoms with van der Waals surface area (Å²) >= 11 is 0. The van der Waals surface area contributed by atoms with Crippen molar-refractivity contribution in [1.29, 1.82) is 0 Å². The van der Waals surface area contributed by atoms with Crippen LogP contribution in [0.25, 0.3) is 0 Å². The second-order valence-electron chi connectivity index (χ2n) is 3.79. The summed E-state index contributed by atoms with van der Waals surface area (Å²) in [5.41, 5.74) is 1.22. The maximum absolute atomic E-state index is 12.7. The van der Waals surface area contributed by atoms with Crippen molar-refractivity contribution >= 4 is 12.4 Å². The molecule has 15 heavy (non-hydrogen) atoms. The minimum Gasteiger partial charge on any atom is -0.500 e. The first kappa shape index (κ1) is 10.4. The van der Waals surface area contributed by atoms with Gasteiger partial charge in [-0.2, -0.15) is 0 Å². The molecule has 1 nitrogen and oxygen atoms in total. The number of hydrogen-bond acceptors (Lipinski definition) is 1. The van der Waals surface area contributed by atoms with Gasteiger partial charge >= 0.3 is 6.98 Å². The Labute approximate surface area is 86.3 Å². The number of hydrogen-bond donors (Lipinski definition) is 0. The highest BCUT2D eigenvalue weighted by molar-refractivity contribution is 6.74. The predicted octanol–water partition coefficient (Wildman–Crippen LogP) is 2.24. The van der Waals surface area contributed by atoms with Crippen LogP contribution in [0.15, 0.2) is 12.1 Å². The number of rotatable bonds is 2. The first-order valence-electron chi connectivity index (χ1n) is 4.92. The molecule has 1 aliphatic carbocycles. The van der Waals surface area contributed by atoms with Gasteiger partial charge in [-0.3, -0.25) is 0 Å². The van der Waals surface area contributed by atoms with Crippen molar-refractivity contribution < 1.29 is 17.7 Å². The Kier molecular flexibility index (Phi) is 2.40. The number of aryl methyl sites for hydroxylation is 2. The molecule has 0 radical (unpaired) electrons. The van der Waals surface area contributed by atoms with E-state index >= 15 is 0 Å². The lowest BCUT2D eigenvalue weighted by atomic mass is 9.78. The Morgan fingerprint density at radius 2 is 1.73 bits per heavy atom. The van der Waals surface area contributed by atoms with Gasteiger partial charge in [0.15, 0.2) is 0 Å². The van der Waals surface area contributed by atoms with Crippen LogP contribution in [0, 0.1) is 0 Å². The second kappa shape index (κ2) is 3.47. The SMILES string of the molecule is COc1cc2c(cc1[B-](F)(F)F)CCC2. The van der Waals surface area contributed by atoms with Crippen molar-refractivity contribution in [3.05, 3.63) is 23.3 Å². The maximum Gasteiger partial charge on any atom is 0.513 e. The lowest BCUT2D eigenvalue weighted by molar-refractivity contribution is 0.412. The summed E-state index contributed by atoms with van der Waals surface area (Å²) < 4.78 is 42.9. The van der Waals surface area contributed by atoms with Crippen LogP contribution < -0.4 is 10.2 Å². The molecule has 0 saturated carbocycles. The zero-order valence-corrected chi connectivity index (χ0v) is 8.40. The molecule has 0 aliphatic heterocycles. The average Bonchev–Trinajstić information content (AvgIpc) is 2.60. The third-order valence-corrected chi connectivity index (χ3v) is 2.80. The lowest BCUT2D eigenvalue weighted by Crippen LogP contribution is -2.35. The molecule has 5 heteroatoms. The van der Waals surface area contributed by atoms with Crippen LogP contribution >= 0.6 is 0 Å². The van der Waals surface area contributed by atoms with Crippen LogP contribution in [0.2, 0.25) is 0 Å². The predicted molar refractivity (Wildman–Crippen MR) is 53.7 cm³/mol. The van der Waals surface area contributed by atoms with Crippen molar-refractivity contribution in [2.24, 2.45) is 0 Å². The van der Waals surface area contributed by atoms with Gasteiger partial charge in [0.05, 0.1) is 12.9 Å². The van der Waals surface area contributed by atoms with Crippen molar-refractivity contribution in [3.63, 3.8) is 0 Å². The molecule has 82 valence electrons. The van der Waals surface area contributed by atoms with Crippen LogP contribution in [-0.4, -0.2) is 14.1 Å². The summed E-state index contributed by atoms with van der Waals surface area (Å²) in [5, 5.41) is 0. The monoisotopic (exact) mass is 215 g/mol.